The monoisotopic (exact) mass is 262 g/mol. The average Bonchev–Trinajstić information content (AvgIpc) is 2.82. The van der Waals surface area contributed by atoms with Gasteiger partial charge in [0.25, 0.3) is 0 Å². The Bertz CT molecular complexity index is 607. The van der Waals surface area contributed by atoms with Crippen molar-refractivity contribution in [1.29, 1.82) is 0 Å². The van der Waals surface area contributed by atoms with Crippen molar-refractivity contribution in [2.75, 3.05) is 0 Å². The molecule has 5 nitrogen and oxygen atoms in total. The number of nitrogens with zero attached hydrogens (tertiary/aromatic N) is 2. The Morgan fingerprint density at radius 1 is 1.37 bits per heavy atom. The molecule has 98 valence electrons. The van der Waals surface area contributed by atoms with Gasteiger partial charge in [-0.1, -0.05) is 12.1 Å². The number of carboxylic acids is 1. The molecule has 1 N–H and O–H groups in total. The summed E-state index contributed by atoms with van der Waals surface area (Å²) < 4.78 is 18.2. The van der Waals surface area contributed by atoms with Crippen LogP contribution in [0.5, 0.6) is 0 Å². The lowest BCUT2D eigenvalue weighted by Crippen LogP contribution is -1.92. The van der Waals surface area contributed by atoms with Crippen molar-refractivity contribution >= 4 is 12.0 Å². The van der Waals surface area contributed by atoms with E-state index in [0.29, 0.717) is 18.7 Å². The first-order valence-electron chi connectivity index (χ1n) is 5.61. The molecule has 0 fully saturated rings. The number of benzene rings is 1. The Labute approximate surface area is 108 Å². The molecule has 6 heteroatoms. The second-order valence-corrected chi connectivity index (χ2v) is 3.84. The highest BCUT2D eigenvalue weighted by Crippen LogP contribution is 2.09. The zero-order chi connectivity index (χ0) is 13.7. The Kier molecular flexibility index (Phi) is 4.02. The van der Waals surface area contributed by atoms with E-state index in [9.17, 15) is 9.18 Å². The molecule has 19 heavy (non-hydrogen) atoms. The molecule has 0 aliphatic heterocycles. The minimum Gasteiger partial charge on any atom is -0.478 e. The van der Waals surface area contributed by atoms with E-state index >= 15 is 0 Å². The van der Waals surface area contributed by atoms with Crippen molar-refractivity contribution < 1.29 is 18.7 Å². The molecular weight excluding hydrogens is 251 g/mol. The van der Waals surface area contributed by atoms with Crippen LogP contribution < -0.4 is 0 Å². The van der Waals surface area contributed by atoms with Gasteiger partial charge >= 0.3 is 5.97 Å². The lowest BCUT2D eigenvalue weighted by molar-refractivity contribution is -0.131. The van der Waals surface area contributed by atoms with E-state index in [4.69, 9.17) is 9.52 Å². The third-order valence-electron chi connectivity index (χ3n) is 2.37. The summed E-state index contributed by atoms with van der Waals surface area (Å²) in [6.45, 7) is 0. The van der Waals surface area contributed by atoms with Crippen LogP contribution in [0.15, 0.2) is 34.8 Å². The molecule has 1 heterocycles. The highest BCUT2D eigenvalue weighted by Gasteiger charge is 2.05. The molecule has 2 rings (SSSR count). The molecule has 0 saturated heterocycles. The molecule has 0 bridgehead atoms. The van der Waals surface area contributed by atoms with Crippen LogP contribution in [0.25, 0.3) is 6.08 Å². The fourth-order valence-electron chi connectivity index (χ4n) is 1.52. The van der Waals surface area contributed by atoms with Crippen LogP contribution in [0.2, 0.25) is 0 Å². The zero-order valence-electron chi connectivity index (χ0n) is 9.91. The lowest BCUT2D eigenvalue weighted by atomic mass is 10.1. The second kappa shape index (κ2) is 5.90. The minimum atomic E-state index is -1.08. The van der Waals surface area contributed by atoms with Gasteiger partial charge in [0.05, 0.1) is 0 Å². The van der Waals surface area contributed by atoms with Crippen LogP contribution in [0.1, 0.15) is 17.3 Å². The standard InChI is InChI=1S/C13H11FN2O3/c14-10-3-1-2-9(8-10)4-5-11-15-16-12(19-11)6-7-13(17)18/h1-3,6-8H,4-5H2,(H,17,18)/b7-6+. The molecule has 0 aliphatic rings. The normalized spacial score (nSPS) is 11.0. The first-order valence-corrected chi connectivity index (χ1v) is 5.61. The van der Waals surface area contributed by atoms with Crippen LogP contribution >= 0.6 is 0 Å². The van der Waals surface area contributed by atoms with Crippen molar-refractivity contribution in [2.24, 2.45) is 0 Å². The van der Waals surface area contributed by atoms with E-state index in [1.54, 1.807) is 6.07 Å². The molecule has 0 spiro atoms. The van der Waals surface area contributed by atoms with Crippen molar-refractivity contribution in [2.45, 2.75) is 12.8 Å². The van der Waals surface area contributed by atoms with E-state index < -0.39 is 5.97 Å². The first-order chi connectivity index (χ1) is 9.13. The van der Waals surface area contributed by atoms with Gasteiger partial charge in [-0.2, -0.15) is 0 Å². The third kappa shape index (κ3) is 4.02. The lowest BCUT2D eigenvalue weighted by Gasteiger charge is -1.97. The summed E-state index contributed by atoms with van der Waals surface area (Å²) in [7, 11) is 0. The van der Waals surface area contributed by atoms with Gasteiger partial charge in [0, 0.05) is 18.6 Å². The topological polar surface area (TPSA) is 76.2 Å². The molecule has 0 atom stereocenters. The molecule has 2 aromatic rings. The highest BCUT2D eigenvalue weighted by molar-refractivity contribution is 5.84. The fraction of sp³-hybridized carbons (Fsp3) is 0.154. The highest BCUT2D eigenvalue weighted by atomic mass is 19.1. The summed E-state index contributed by atoms with van der Waals surface area (Å²) in [5, 5.41) is 15.9. The number of rotatable bonds is 5. The molecule has 0 radical (unpaired) electrons. The van der Waals surface area contributed by atoms with Gasteiger partial charge in [-0.05, 0) is 24.1 Å². The van der Waals surface area contributed by atoms with E-state index in [2.05, 4.69) is 10.2 Å². The molecule has 0 amide bonds. The Balaban J connectivity index is 1.95. The third-order valence-corrected chi connectivity index (χ3v) is 2.37. The van der Waals surface area contributed by atoms with E-state index in [0.717, 1.165) is 11.6 Å². The first kappa shape index (κ1) is 12.9. The SMILES string of the molecule is O=C(O)/C=C/c1nnc(CCc2cccc(F)c2)o1. The molecule has 1 aromatic heterocycles. The van der Waals surface area contributed by atoms with Gasteiger partial charge in [-0.3, -0.25) is 0 Å². The summed E-state index contributed by atoms with van der Waals surface area (Å²) in [4.78, 5) is 10.3. The maximum atomic E-state index is 13.0. The number of halogens is 1. The van der Waals surface area contributed by atoms with Crippen molar-refractivity contribution in [3.63, 3.8) is 0 Å². The summed E-state index contributed by atoms with van der Waals surface area (Å²) in [5.74, 6) is -0.849. The number of carbonyl (C=O) groups is 1. The van der Waals surface area contributed by atoms with Gasteiger partial charge in [0.1, 0.15) is 5.82 Å². The predicted octanol–water partition coefficient (Wildman–Crippen LogP) is 2.09. The van der Waals surface area contributed by atoms with Gasteiger partial charge in [-0.25, -0.2) is 9.18 Å². The number of aromatic nitrogens is 2. The number of hydrogen-bond donors (Lipinski definition) is 1. The summed E-state index contributed by atoms with van der Waals surface area (Å²) in [6.07, 6.45) is 3.18. The van der Waals surface area contributed by atoms with Crippen molar-refractivity contribution in [3.05, 3.63) is 53.5 Å². The van der Waals surface area contributed by atoms with Crippen LogP contribution in [0.4, 0.5) is 4.39 Å². The fourth-order valence-corrected chi connectivity index (χ4v) is 1.52. The molecular formula is C13H11FN2O3. The van der Waals surface area contributed by atoms with Gasteiger partial charge in [0.2, 0.25) is 11.8 Å². The number of aryl methyl sites for hydroxylation is 2. The van der Waals surface area contributed by atoms with Crippen LogP contribution in [0, 0.1) is 5.82 Å². The Hall–Kier alpha value is -2.50. The molecule has 1 aromatic carbocycles. The Morgan fingerprint density at radius 2 is 2.21 bits per heavy atom. The van der Waals surface area contributed by atoms with Crippen LogP contribution in [0.3, 0.4) is 0 Å². The van der Waals surface area contributed by atoms with Gasteiger partial charge in [-0.15, -0.1) is 10.2 Å². The van der Waals surface area contributed by atoms with Gasteiger partial charge in [0.15, 0.2) is 0 Å². The summed E-state index contributed by atoms with van der Waals surface area (Å²) in [5.41, 5.74) is 0.834. The van der Waals surface area contributed by atoms with Crippen LogP contribution in [-0.2, 0) is 17.6 Å². The number of aliphatic carboxylic acids is 1. The number of carboxylic acid groups (broad SMARTS) is 1. The second-order valence-electron chi connectivity index (χ2n) is 3.84. The summed E-state index contributed by atoms with van der Waals surface area (Å²) >= 11 is 0. The maximum absolute atomic E-state index is 13.0. The largest absolute Gasteiger partial charge is 0.478 e. The van der Waals surface area contributed by atoms with E-state index in [1.807, 2.05) is 6.07 Å². The Morgan fingerprint density at radius 3 is 2.95 bits per heavy atom. The maximum Gasteiger partial charge on any atom is 0.328 e. The smallest absolute Gasteiger partial charge is 0.328 e. The van der Waals surface area contributed by atoms with Crippen molar-refractivity contribution in [3.8, 4) is 0 Å². The number of hydrogen-bond acceptors (Lipinski definition) is 4. The van der Waals surface area contributed by atoms with E-state index in [-0.39, 0.29) is 11.7 Å². The molecule has 0 saturated carbocycles. The van der Waals surface area contributed by atoms with Crippen molar-refractivity contribution in [1.82, 2.24) is 10.2 Å². The predicted molar refractivity (Wildman–Crippen MR) is 64.8 cm³/mol. The average molecular weight is 262 g/mol. The van der Waals surface area contributed by atoms with Gasteiger partial charge < -0.3 is 9.52 Å². The van der Waals surface area contributed by atoms with E-state index in [1.165, 1.54) is 18.2 Å². The quantitative estimate of drug-likeness (QED) is 0.835. The minimum absolute atomic E-state index is 0.136. The molecule has 0 aliphatic carbocycles. The molecule has 0 unspecified atom stereocenters. The van der Waals surface area contributed by atoms with Crippen LogP contribution in [-0.4, -0.2) is 21.3 Å². The summed E-state index contributed by atoms with van der Waals surface area (Å²) in [6, 6.07) is 6.27. The zero-order valence-corrected chi connectivity index (χ0v) is 9.91.